The van der Waals surface area contributed by atoms with E-state index in [1.165, 1.54) is 10.9 Å². The number of aryl methyl sites for hydroxylation is 1. The van der Waals surface area contributed by atoms with Crippen LogP contribution in [0.25, 0.3) is 10.9 Å². The molecule has 22 heavy (non-hydrogen) atoms. The van der Waals surface area contributed by atoms with E-state index in [1.807, 2.05) is 38.6 Å². The summed E-state index contributed by atoms with van der Waals surface area (Å²) in [6.45, 7) is 6.27. The monoisotopic (exact) mass is 301 g/mol. The van der Waals surface area contributed by atoms with Gasteiger partial charge in [0.25, 0.3) is 0 Å². The number of nitrogens with one attached hydrogen (secondary N) is 1. The first kappa shape index (κ1) is 14.9. The van der Waals surface area contributed by atoms with Crippen molar-refractivity contribution in [2.75, 3.05) is 6.54 Å². The molecule has 1 N–H and O–H groups in total. The molecule has 0 radical (unpaired) electrons. The van der Waals surface area contributed by atoms with E-state index in [9.17, 15) is 4.79 Å². The number of ether oxygens (including phenoxy) is 1. The second-order valence-electron chi connectivity index (χ2n) is 7.07. The summed E-state index contributed by atoms with van der Waals surface area (Å²) in [5.41, 5.74) is 1.92. The molecule has 1 heterocycles. The molecule has 1 aliphatic carbocycles. The lowest BCUT2D eigenvalue weighted by Gasteiger charge is -2.19. The first-order valence-electron chi connectivity index (χ1n) is 7.72. The van der Waals surface area contributed by atoms with E-state index in [-0.39, 0.29) is 6.09 Å². The van der Waals surface area contributed by atoms with Crippen molar-refractivity contribution in [2.24, 2.45) is 13.0 Å². The SMILES string of the molecule is Cn1cc2c(C3CC3CNC(=O)OC(C)(C)C)cccc2n1. The van der Waals surface area contributed by atoms with Gasteiger partial charge < -0.3 is 10.1 Å². The molecule has 118 valence electrons. The maximum Gasteiger partial charge on any atom is 0.407 e. The molecule has 1 aromatic heterocycles. The summed E-state index contributed by atoms with van der Waals surface area (Å²) in [4.78, 5) is 11.7. The summed E-state index contributed by atoms with van der Waals surface area (Å²) < 4.78 is 7.12. The van der Waals surface area contributed by atoms with Crippen molar-refractivity contribution in [1.29, 1.82) is 0 Å². The van der Waals surface area contributed by atoms with Crippen molar-refractivity contribution >= 4 is 17.0 Å². The summed E-state index contributed by atoms with van der Waals surface area (Å²) in [5, 5.41) is 8.54. The molecule has 2 atom stereocenters. The van der Waals surface area contributed by atoms with Crippen molar-refractivity contribution in [3.63, 3.8) is 0 Å². The van der Waals surface area contributed by atoms with Crippen molar-refractivity contribution in [3.8, 4) is 0 Å². The Morgan fingerprint density at radius 3 is 2.95 bits per heavy atom. The van der Waals surface area contributed by atoms with E-state index >= 15 is 0 Å². The van der Waals surface area contributed by atoms with Gasteiger partial charge in [0.1, 0.15) is 5.60 Å². The molecule has 1 aliphatic rings. The number of aromatic nitrogens is 2. The van der Waals surface area contributed by atoms with Crippen LogP contribution in [0, 0.1) is 5.92 Å². The quantitative estimate of drug-likeness (QED) is 0.947. The fourth-order valence-corrected chi connectivity index (χ4v) is 2.89. The molecule has 0 saturated heterocycles. The molecule has 0 spiro atoms. The van der Waals surface area contributed by atoms with Gasteiger partial charge in [-0.05, 0) is 50.7 Å². The van der Waals surface area contributed by atoms with Crippen LogP contribution in [-0.4, -0.2) is 28.0 Å². The van der Waals surface area contributed by atoms with Gasteiger partial charge in [-0.15, -0.1) is 0 Å². The number of alkyl carbamates (subject to hydrolysis) is 1. The zero-order chi connectivity index (χ0) is 15.9. The summed E-state index contributed by atoms with van der Waals surface area (Å²) in [6.07, 6.45) is 2.84. The van der Waals surface area contributed by atoms with Crippen LogP contribution in [0.2, 0.25) is 0 Å². The molecule has 1 aromatic carbocycles. The normalized spacial score (nSPS) is 20.9. The smallest absolute Gasteiger partial charge is 0.407 e. The average molecular weight is 301 g/mol. The minimum atomic E-state index is -0.450. The number of rotatable bonds is 3. The fraction of sp³-hybridized carbons (Fsp3) is 0.529. The van der Waals surface area contributed by atoms with Crippen LogP contribution in [0.1, 0.15) is 38.7 Å². The summed E-state index contributed by atoms with van der Waals surface area (Å²) >= 11 is 0. The summed E-state index contributed by atoms with van der Waals surface area (Å²) in [7, 11) is 1.94. The van der Waals surface area contributed by atoms with E-state index in [1.54, 1.807) is 0 Å². The Morgan fingerprint density at radius 2 is 2.23 bits per heavy atom. The highest BCUT2D eigenvalue weighted by molar-refractivity contribution is 5.82. The molecule has 2 unspecified atom stereocenters. The van der Waals surface area contributed by atoms with Gasteiger partial charge in [-0.3, -0.25) is 4.68 Å². The molecule has 3 rings (SSSR count). The lowest BCUT2D eigenvalue weighted by atomic mass is 10.0. The van der Waals surface area contributed by atoms with Crippen molar-refractivity contribution < 1.29 is 9.53 Å². The Bertz CT molecular complexity index is 699. The number of benzene rings is 1. The number of nitrogens with zero attached hydrogens (tertiary/aromatic N) is 2. The molecule has 5 heteroatoms. The van der Waals surface area contributed by atoms with Crippen molar-refractivity contribution in [2.45, 2.75) is 38.7 Å². The first-order valence-corrected chi connectivity index (χ1v) is 7.72. The van der Waals surface area contributed by atoms with Gasteiger partial charge in [0.2, 0.25) is 0 Å². The van der Waals surface area contributed by atoms with Crippen LogP contribution < -0.4 is 5.32 Å². The standard InChI is InChI=1S/C17H23N3O2/c1-17(2,3)22-16(21)18-9-11-8-13(11)12-6-5-7-15-14(12)10-20(4)19-15/h5-7,10-11,13H,8-9H2,1-4H3,(H,18,21). The van der Waals surface area contributed by atoms with Gasteiger partial charge in [0, 0.05) is 25.2 Å². The highest BCUT2D eigenvalue weighted by Gasteiger charge is 2.39. The lowest BCUT2D eigenvalue weighted by molar-refractivity contribution is 0.0525. The number of fused-ring (bicyclic) bond motifs is 1. The van der Waals surface area contributed by atoms with Gasteiger partial charge in [-0.1, -0.05) is 12.1 Å². The summed E-state index contributed by atoms with van der Waals surface area (Å²) in [6, 6.07) is 6.26. The molecule has 0 aliphatic heterocycles. The molecule has 5 nitrogen and oxygen atoms in total. The van der Waals surface area contributed by atoms with Crippen LogP contribution in [0.5, 0.6) is 0 Å². The minimum Gasteiger partial charge on any atom is -0.444 e. The Morgan fingerprint density at radius 1 is 1.45 bits per heavy atom. The van der Waals surface area contributed by atoms with E-state index in [2.05, 4.69) is 28.7 Å². The highest BCUT2D eigenvalue weighted by atomic mass is 16.6. The third kappa shape index (κ3) is 3.24. The van der Waals surface area contributed by atoms with E-state index < -0.39 is 5.60 Å². The predicted molar refractivity (Wildman–Crippen MR) is 85.8 cm³/mol. The van der Waals surface area contributed by atoms with Crippen LogP contribution in [-0.2, 0) is 11.8 Å². The Balaban J connectivity index is 1.61. The highest BCUT2D eigenvalue weighted by Crippen LogP contribution is 2.48. The zero-order valence-corrected chi connectivity index (χ0v) is 13.6. The van der Waals surface area contributed by atoms with Gasteiger partial charge in [-0.2, -0.15) is 5.10 Å². The lowest BCUT2D eigenvalue weighted by Crippen LogP contribution is -2.33. The van der Waals surface area contributed by atoms with Gasteiger partial charge >= 0.3 is 6.09 Å². The maximum atomic E-state index is 11.7. The van der Waals surface area contributed by atoms with Gasteiger partial charge in [0.15, 0.2) is 0 Å². The molecule has 1 fully saturated rings. The third-order valence-electron chi connectivity index (χ3n) is 3.93. The van der Waals surface area contributed by atoms with Crippen LogP contribution >= 0.6 is 0 Å². The number of carbonyl (C=O) groups excluding carboxylic acids is 1. The largest absolute Gasteiger partial charge is 0.444 e. The van der Waals surface area contributed by atoms with Crippen molar-refractivity contribution in [3.05, 3.63) is 30.0 Å². The van der Waals surface area contributed by atoms with Crippen LogP contribution in [0.4, 0.5) is 4.79 Å². The number of hydrogen-bond acceptors (Lipinski definition) is 3. The third-order valence-corrected chi connectivity index (χ3v) is 3.93. The molecule has 0 bridgehead atoms. The Kier molecular flexibility index (Phi) is 3.59. The van der Waals surface area contributed by atoms with E-state index in [4.69, 9.17) is 4.74 Å². The molecule has 1 amide bonds. The maximum absolute atomic E-state index is 11.7. The van der Waals surface area contributed by atoms with Crippen LogP contribution in [0.15, 0.2) is 24.4 Å². The number of hydrogen-bond donors (Lipinski definition) is 1. The Hall–Kier alpha value is -2.04. The topological polar surface area (TPSA) is 56.2 Å². The number of amides is 1. The second-order valence-corrected chi connectivity index (χ2v) is 7.07. The zero-order valence-electron chi connectivity index (χ0n) is 13.6. The second kappa shape index (κ2) is 5.30. The average Bonchev–Trinajstić information content (AvgIpc) is 3.06. The molecular weight excluding hydrogens is 278 g/mol. The molecule has 1 saturated carbocycles. The first-order chi connectivity index (χ1) is 10.3. The molecule has 2 aromatic rings. The van der Waals surface area contributed by atoms with Crippen LogP contribution in [0.3, 0.4) is 0 Å². The van der Waals surface area contributed by atoms with E-state index in [0.29, 0.717) is 18.4 Å². The Labute approximate surface area is 130 Å². The predicted octanol–water partition coefficient (Wildman–Crippen LogP) is 3.20. The van der Waals surface area contributed by atoms with E-state index in [0.717, 1.165) is 11.9 Å². The minimum absolute atomic E-state index is 0.335. The van der Waals surface area contributed by atoms with Gasteiger partial charge in [-0.25, -0.2) is 4.79 Å². The fourth-order valence-electron chi connectivity index (χ4n) is 2.89. The van der Waals surface area contributed by atoms with Crippen molar-refractivity contribution in [1.82, 2.24) is 15.1 Å². The van der Waals surface area contributed by atoms with Gasteiger partial charge in [0.05, 0.1) is 5.52 Å². The number of carbonyl (C=O) groups is 1. The summed E-state index contributed by atoms with van der Waals surface area (Å²) in [5.74, 6) is 0.987. The molecular formula is C17H23N3O2.